The maximum atomic E-state index is 10.0. The molecule has 0 atom stereocenters. The molecule has 0 heterocycles. The van der Waals surface area contributed by atoms with Crippen molar-refractivity contribution in [2.75, 3.05) is 0 Å². The summed E-state index contributed by atoms with van der Waals surface area (Å²) < 4.78 is 0. The van der Waals surface area contributed by atoms with Crippen LogP contribution in [0, 0.1) is 10.1 Å². The Kier molecular flexibility index (Phi) is 9.37. The van der Waals surface area contributed by atoms with Gasteiger partial charge in [0, 0.05) is 71.2 Å². The second-order valence-corrected chi connectivity index (χ2v) is 1.59. The van der Waals surface area contributed by atoms with E-state index in [1.54, 1.807) is 18.2 Å². The molecule has 48 valence electrons. The number of nitro groups is 1. The third-order valence-electron chi connectivity index (χ3n) is 0.967. The monoisotopic (exact) mass is 169 g/mol. The molecule has 3 nitrogen and oxygen atoms in total. The van der Waals surface area contributed by atoms with Crippen LogP contribution < -0.4 is 0 Å². The molecule has 0 aliphatic carbocycles. The van der Waals surface area contributed by atoms with E-state index in [0.717, 1.165) is 0 Å². The first-order chi connectivity index (χ1) is 4.30. The van der Waals surface area contributed by atoms with Crippen LogP contribution in [-0.2, 0) is 0 Å². The second kappa shape index (κ2) is 7.28. The molecule has 0 unspecified atom stereocenters. The number of hydrogen-bond donors (Lipinski definition) is 0. The van der Waals surface area contributed by atoms with Crippen molar-refractivity contribution in [3.63, 3.8) is 0 Å². The molecular weight excluding hydrogens is 164 g/mol. The van der Waals surface area contributed by atoms with Gasteiger partial charge in [0.2, 0.25) is 0 Å². The zero-order valence-corrected chi connectivity index (χ0v) is 10.7. The van der Waals surface area contributed by atoms with Gasteiger partial charge in [-0.1, -0.05) is 18.2 Å². The number of benzene rings is 1. The molecule has 0 fully saturated rings. The van der Waals surface area contributed by atoms with Gasteiger partial charge in [0.1, 0.15) is 0 Å². The largest absolute Gasteiger partial charge is 0.269 e. The molecule has 1 rings (SSSR count). The molecule has 1 aromatic rings. The molecule has 0 saturated heterocycles. The van der Waals surface area contributed by atoms with Gasteiger partial charge >= 0.3 is 0 Å². The summed E-state index contributed by atoms with van der Waals surface area (Å²) in [6, 6.07) is 7.93. The van der Waals surface area contributed by atoms with Gasteiger partial charge in [-0.25, -0.2) is 0 Å². The molecule has 1 aromatic carbocycles. The first-order valence-electron chi connectivity index (χ1n) is 2.50. The van der Waals surface area contributed by atoms with E-state index in [1.807, 2.05) is 0 Å². The molecule has 0 saturated carbocycles. The molecule has 11 heavy (non-hydrogen) atoms. The molecule has 5 heteroatoms. The Bertz CT molecular complexity index is 215. The van der Waals surface area contributed by atoms with Crippen LogP contribution in [0.15, 0.2) is 30.3 Å². The Labute approximate surface area is 109 Å². The average molecular weight is 169 g/mol. The van der Waals surface area contributed by atoms with Crippen LogP contribution in [-0.4, -0.2) is 64.0 Å². The zero-order valence-electron chi connectivity index (χ0n) is 6.65. The van der Waals surface area contributed by atoms with E-state index in [-0.39, 0.29) is 64.8 Å². The van der Waals surface area contributed by atoms with Crippen molar-refractivity contribution >= 4 is 64.8 Å². The third-order valence-corrected chi connectivity index (χ3v) is 0.967. The molecule has 2 radical (unpaired) electrons. The fraction of sp³-hybridized carbons (Fsp3) is 0. The van der Waals surface area contributed by atoms with Crippen LogP contribution in [0.2, 0.25) is 0 Å². The van der Waals surface area contributed by atoms with Gasteiger partial charge in [0.05, 0.1) is 4.92 Å². The van der Waals surface area contributed by atoms with Gasteiger partial charge in [-0.3, -0.25) is 10.1 Å². The third kappa shape index (κ3) is 4.95. The minimum Gasteiger partial charge on any atom is -0.258 e. The maximum absolute atomic E-state index is 10.0. The fourth-order valence-corrected chi connectivity index (χ4v) is 0.550. The van der Waals surface area contributed by atoms with Gasteiger partial charge < -0.3 is 0 Å². The Morgan fingerprint density at radius 1 is 1.09 bits per heavy atom. The molecule has 0 N–H and O–H groups in total. The number of non-ortho nitro benzene ring substituents is 1. The summed E-state index contributed by atoms with van der Waals surface area (Å²) in [5.74, 6) is 0. The van der Waals surface area contributed by atoms with Crippen LogP contribution in [0.5, 0.6) is 0 Å². The normalized spacial score (nSPS) is 7.27. The fourth-order valence-electron chi connectivity index (χ4n) is 0.550. The summed E-state index contributed by atoms with van der Waals surface area (Å²) in [5, 5.41) is 10.0. The Morgan fingerprint density at radius 3 is 1.82 bits per heavy atom. The first kappa shape index (κ1) is 14.2. The molecular formula is C6H5NNa2O2. The van der Waals surface area contributed by atoms with Crippen molar-refractivity contribution in [1.82, 2.24) is 0 Å². The summed E-state index contributed by atoms with van der Waals surface area (Å²) in [6.45, 7) is 0. The Balaban J connectivity index is 0. The maximum Gasteiger partial charge on any atom is 0.269 e. The predicted molar refractivity (Wildman–Crippen MR) is 44.6 cm³/mol. The molecule has 0 aromatic heterocycles. The minimum atomic E-state index is -0.417. The number of para-hydroxylation sites is 1. The van der Waals surface area contributed by atoms with E-state index < -0.39 is 4.92 Å². The second-order valence-electron chi connectivity index (χ2n) is 1.59. The standard InChI is InChI=1S/C6H5NO2.2Na/c8-7(9)6-4-2-1-3-5-6;;/h1-5H;;. The van der Waals surface area contributed by atoms with Crippen LogP contribution in [0.25, 0.3) is 0 Å². The topological polar surface area (TPSA) is 43.1 Å². The van der Waals surface area contributed by atoms with Gasteiger partial charge in [0.15, 0.2) is 0 Å². The predicted octanol–water partition coefficient (Wildman–Crippen LogP) is 0.833. The van der Waals surface area contributed by atoms with Crippen molar-refractivity contribution in [3.8, 4) is 0 Å². The van der Waals surface area contributed by atoms with Crippen molar-refractivity contribution in [2.45, 2.75) is 0 Å². The van der Waals surface area contributed by atoms with Crippen LogP contribution in [0.3, 0.4) is 0 Å². The van der Waals surface area contributed by atoms with E-state index >= 15 is 0 Å². The quantitative estimate of drug-likeness (QED) is 0.355. The number of nitro benzene ring substituents is 1. The van der Waals surface area contributed by atoms with Crippen molar-refractivity contribution in [3.05, 3.63) is 40.4 Å². The SMILES string of the molecule is O=[N+]([O-])c1ccccc1.[Na].[Na]. The number of hydrogen-bond acceptors (Lipinski definition) is 2. The number of nitrogens with zero attached hydrogens (tertiary/aromatic N) is 1. The van der Waals surface area contributed by atoms with Crippen LogP contribution >= 0.6 is 0 Å². The van der Waals surface area contributed by atoms with E-state index in [4.69, 9.17) is 0 Å². The smallest absolute Gasteiger partial charge is 0.258 e. The summed E-state index contributed by atoms with van der Waals surface area (Å²) in [4.78, 5) is 9.59. The minimum absolute atomic E-state index is 0. The van der Waals surface area contributed by atoms with Gasteiger partial charge in [-0.05, 0) is 0 Å². The van der Waals surface area contributed by atoms with E-state index in [2.05, 4.69) is 0 Å². The van der Waals surface area contributed by atoms with E-state index in [1.165, 1.54) is 12.1 Å². The zero-order chi connectivity index (χ0) is 6.69. The average Bonchev–Trinajstić information content (AvgIpc) is 1.90. The van der Waals surface area contributed by atoms with Gasteiger partial charge in [-0.2, -0.15) is 0 Å². The molecule has 0 spiro atoms. The molecule has 0 amide bonds. The molecule has 0 aliphatic heterocycles. The van der Waals surface area contributed by atoms with Crippen LogP contribution in [0.1, 0.15) is 0 Å². The summed E-state index contributed by atoms with van der Waals surface area (Å²) in [6.07, 6.45) is 0. The van der Waals surface area contributed by atoms with Crippen molar-refractivity contribution < 1.29 is 4.92 Å². The molecule has 0 aliphatic rings. The Hall–Kier alpha value is 0.620. The number of rotatable bonds is 1. The van der Waals surface area contributed by atoms with E-state index in [9.17, 15) is 10.1 Å². The Morgan fingerprint density at radius 2 is 1.55 bits per heavy atom. The van der Waals surface area contributed by atoms with Crippen molar-refractivity contribution in [2.24, 2.45) is 0 Å². The summed E-state index contributed by atoms with van der Waals surface area (Å²) in [7, 11) is 0. The molecule has 0 bridgehead atoms. The van der Waals surface area contributed by atoms with Crippen molar-refractivity contribution in [1.29, 1.82) is 0 Å². The first-order valence-corrected chi connectivity index (χ1v) is 2.50. The van der Waals surface area contributed by atoms with Crippen LogP contribution in [0.4, 0.5) is 5.69 Å². The van der Waals surface area contributed by atoms with E-state index in [0.29, 0.717) is 0 Å². The summed E-state index contributed by atoms with van der Waals surface area (Å²) in [5.41, 5.74) is 0.137. The summed E-state index contributed by atoms with van der Waals surface area (Å²) >= 11 is 0. The van der Waals surface area contributed by atoms with Gasteiger partial charge in [0.25, 0.3) is 5.69 Å². The van der Waals surface area contributed by atoms with Gasteiger partial charge in [-0.15, -0.1) is 0 Å².